The third kappa shape index (κ3) is 4.14. The third-order valence-corrected chi connectivity index (χ3v) is 4.90. The number of likely N-dealkylation sites (tertiary alicyclic amines) is 1. The molecular formula is C18H28N2O2. The minimum Gasteiger partial charge on any atom is -0.488 e. The van der Waals surface area contributed by atoms with E-state index in [0.717, 1.165) is 37.1 Å². The normalized spacial score (nSPS) is 27.5. The van der Waals surface area contributed by atoms with Crippen LogP contribution in [-0.4, -0.2) is 48.4 Å². The van der Waals surface area contributed by atoms with Gasteiger partial charge in [-0.25, -0.2) is 0 Å². The Labute approximate surface area is 133 Å². The lowest BCUT2D eigenvalue weighted by molar-refractivity contribution is 0.00688. The highest BCUT2D eigenvalue weighted by molar-refractivity contribution is 5.47. The molecule has 1 saturated carbocycles. The Hall–Kier alpha value is -1.26. The van der Waals surface area contributed by atoms with E-state index < -0.39 is 0 Å². The number of piperidine rings is 1. The number of rotatable bonds is 4. The van der Waals surface area contributed by atoms with Gasteiger partial charge in [0.1, 0.15) is 11.9 Å². The van der Waals surface area contributed by atoms with Gasteiger partial charge in [0.2, 0.25) is 0 Å². The third-order valence-electron chi connectivity index (χ3n) is 4.90. The molecule has 2 unspecified atom stereocenters. The molecule has 4 heteroatoms. The average molecular weight is 304 g/mol. The van der Waals surface area contributed by atoms with E-state index in [9.17, 15) is 5.11 Å². The monoisotopic (exact) mass is 304 g/mol. The number of nitrogens with one attached hydrogen (secondary N) is 1. The highest BCUT2D eigenvalue weighted by Crippen LogP contribution is 2.25. The van der Waals surface area contributed by atoms with E-state index in [1.807, 2.05) is 12.1 Å². The molecule has 0 radical (unpaired) electrons. The van der Waals surface area contributed by atoms with Crippen molar-refractivity contribution in [1.82, 2.24) is 4.90 Å². The molecule has 1 heterocycles. The van der Waals surface area contributed by atoms with Gasteiger partial charge in [0.15, 0.2) is 0 Å². The Morgan fingerprint density at radius 1 is 1.05 bits per heavy atom. The van der Waals surface area contributed by atoms with E-state index in [-0.39, 0.29) is 12.2 Å². The fourth-order valence-corrected chi connectivity index (χ4v) is 3.41. The molecule has 1 aromatic rings. The van der Waals surface area contributed by atoms with Crippen molar-refractivity contribution >= 4 is 5.69 Å². The number of hydrogen-bond acceptors (Lipinski definition) is 4. The van der Waals surface area contributed by atoms with Crippen molar-refractivity contribution in [2.75, 3.05) is 25.5 Å². The maximum absolute atomic E-state index is 9.98. The van der Waals surface area contributed by atoms with E-state index in [0.29, 0.717) is 6.04 Å². The van der Waals surface area contributed by atoms with Gasteiger partial charge in [-0.3, -0.25) is 0 Å². The molecular weight excluding hydrogens is 276 g/mol. The molecule has 122 valence electrons. The number of aliphatic hydroxyl groups is 1. The lowest BCUT2D eigenvalue weighted by Gasteiger charge is -2.30. The van der Waals surface area contributed by atoms with E-state index in [4.69, 9.17) is 4.74 Å². The summed E-state index contributed by atoms with van der Waals surface area (Å²) in [4.78, 5) is 2.38. The zero-order valence-electron chi connectivity index (χ0n) is 13.5. The predicted octanol–water partition coefficient (Wildman–Crippen LogP) is 2.88. The second kappa shape index (κ2) is 7.34. The number of anilines is 1. The molecule has 4 nitrogen and oxygen atoms in total. The van der Waals surface area contributed by atoms with Gasteiger partial charge >= 0.3 is 0 Å². The number of nitrogens with zero attached hydrogens (tertiary/aromatic N) is 1. The molecule has 0 bridgehead atoms. The van der Waals surface area contributed by atoms with Gasteiger partial charge in [-0.1, -0.05) is 6.42 Å². The van der Waals surface area contributed by atoms with Crippen LogP contribution in [0, 0.1) is 0 Å². The van der Waals surface area contributed by atoms with E-state index in [2.05, 4.69) is 29.4 Å². The van der Waals surface area contributed by atoms with Crippen molar-refractivity contribution in [1.29, 1.82) is 0 Å². The summed E-state index contributed by atoms with van der Waals surface area (Å²) in [5, 5.41) is 13.6. The Morgan fingerprint density at radius 2 is 1.73 bits per heavy atom. The molecule has 3 rings (SSSR count). The topological polar surface area (TPSA) is 44.7 Å². The standard InChI is InChI=1S/C18H28N2O2/c1-20-12-10-15(11-13-20)19-14-6-8-16(9-7-14)22-18-5-3-2-4-17(18)21/h6-9,15,17-19,21H,2-5,10-13H2,1H3. The Morgan fingerprint density at radius 3 is 2.41 bits per heavy atom. The summed E-state index contributed by atoms with van der Waals surface area (Å²) in [5.41, 5.74) is 1.16. The zero-order valence-corrected chi connectivity index (χ0v) is 13.5. The van der Waals surface area contributed by atoms with Crippen LogP contribution >= 0.6 is 0 Å². The Balaban J connectivity index is 1.51. The van der Waals surface area contributed by atoms with Crippen molar-refractivity contribution in [3.63, 3.8) is 0 Å². The van der Waals surface area contributed by atoms with Gasteiger partial charge in [-0.15, -0.1) is 0 Å². The second-order valence-electron chi connectivity index (χ2n) is 6.75. The fourth-order valence-electron chi connectivity index (χ4n) is 3.41. The number of benzene rings is 1. The summed E-state index contributed by atoms with van der Waals surface area (Å²) in [7, 11) is 2.18. The molecule has 1 aliphatic heterocycles. The molecule has 1 saturated heterocycles. The molecule has 2 atom stereocenters. The second-order valence-corrected chi connectivity index (χ2v) is 6.75. The highest BCUT2D eigenvalue weighted by Gasteiger charge is 2.24. The quantitative estimate of drug-likeness (QED) is 0.898. The average Bonchev–Trinajstić information content (AvgIpc) is 2.54. The van der Waals surface area contributed by atoms with Crippen molar-refractivity contribution in [2.24, 2.45) is 0 Å². The lowest BCUT2D eigenvalue weighted by atomic mass is 9.95. The van der Waals surface area contributed by atoms with Crippen LogP contribution < -0.4 is 10.1 Å². The molecule has 2 N–H and O–H groups in total. The summed E-state index contributed by atoms with van der Waals surface area (Å²) in [6, 6.07) is 8.77. The van der Waals surface area contributed by atoms with Gasteiger partial charge in [-0.05, 0) is 76.5 Å². The Kier molecular flexibility index (Phi) is 5.21. The summed E-state index contributed by atoms with van der Waals surface area (Å²) in [6.07, 6.45) is 6.12. The van der Waals surface area contributed by atoms with Gasteiger partial charge in [0.05, 0.1) is 6.10 Å². The van der Waals surface area contributed by atoms with Crippen LogP contribution in [0.4, 0.5) is 5.69 Å². The van der Waals surface area contributed by atoms with E-state index in [1.165, 1.54) is 25.9 Å². The maximum Gasteiger partial charge on any atom is 0.124 e. The first-order valence-corrected chi connectivity index (χ1v) is 8.60. The first kappa shape index (κ1) is 15.6. The van der Waals surface area contributed by atoms with Gasteiger partial charge in [0, 0.05) is 11.7 Å². The molecule has 0 spiro atoms. The minimum atomic E-state index is -0.314. The van der Waals surface area contributed by atoms with Crippen molar-refractivity contribution in [2.45, 2.75) is 56.8 Å². The minimum absolute atomic E-state index is 0.0403. The van der Waals surface area contributed by atoms with Crippen molar-refractivity contribution in [3.05, 3.63) is 24.3 Å². The Bertz CT molecular complexity index is 455. The van der Waals surface area contributed by atoms with Crippen molar-refractivity contribution < 1.29 is 9.84 Å². The predicted molar refractivity (Wildman–Crippen MR) is 89.5 cm³/mol. The van der Waals surface area contributed by atoms with Gasteiger partial charge in [0.25, 0.3) is 0 Å². The lowest BCUT2D eigenvalue weighted by Crippen LogP contribution is -2.36. The smallest absolute Gasteiger partial charge is 0.124 e. The maximum atomic E-state index is 9.98. The van der Waals surface area contributed by atoms with E-state index >= 15 is 0 Å². The molecule has 0 aromatic heterocycles. The summed E-state index contributed by atoms with van der Waals surface area (Å²) in [6.45, 7) is 2.33. The van der Waals surface area contributed by atoms with Crippen LogP contribution in [0.25, 0.3) is 0 Å². The molecule has 2 fully saturated rings. The number of ether oxygens (including phenoxy) is 1. The molecule has 22 heavy (non-hydrogen) atoms. The number of aliphatic hydroxyl groups excluding tert-OH is 1. The van der Waals surface area contributed by atoms with Crippen LogP contribution in [-0.2, 0) is 0 Å². The SMILES string of the molecule is CN1CCC(Nc2ccc(OC3CCCCC3O)cc2)CC1. The van der Waals surface area contributed by atoms with Crippen LogP contribution in [0.5, 0.6) is 5.75 Å². The zero-order chi connectivity index (χ0) is 15.4. The van der Waals surface area contributed by atoms with Crippen LogP contribution in [0.15, 0.2) is 24.3 Å². The van der Waals surface area contributed by atoms with Crippen LogP contribution in [0.2, 0.25) is 0 Å². The van der Waals surface area contributed by atoms with Crippen LogP contribution in [0.1, 0.15) is 38.5 Å². The summed E-state index contributed by atoms with van der Waals surface area (Å²) < 4.78 is 5.94. The molecule has 0 amide bonds. The highest BCUT2D eigenvalue weighted by atomic mass is 16.5. The first-order valence-electron chi connectivity index (χ1n) is 8.60. The molecule has 1 aromatic carbocycles. The molecule has 2 aliphatic rings. The number of hydrogen-bond donors (Lipinski definition) is 2. The van der Waals surface area contributed by atoms with E-state index in [1.54, 1.807) is 0 Å². The largest absolute Gasteiger partial charge is 0.488 e. The van der Waals surface area contributed by atoms with Crippen molar-refractivity contribution in [3.8, 4) is 5.75 Å². The summed E-state index contributed by atoms with van der Waals surface area (Å²) >= 11 is 0. The summed E-state index contributed by atoms with van der Waals surface area (Å²) in [5.74, 6) is 0.861. The first-order chi connectivity index (χ1) is 10.7. The van der Waals surface area contributed by atoms with Gasteiger partial charge < -0.3 is 20.1 Å². The van der Waals surface area contributed by atoms with Crippen LogP contribution in [0.3, 0.4) is 0 Å². The van der Waals surface area contributed by atoms with Gasteiger partial charge in [-0.2, -0.15) is 0 Å². The fraction of sp³-hybridized carbons (Fsp3) is 0.667. The molecule has 1 aliphatic carbocycles.